The predicted molar refractivity (Wildman–Crippen MR) is 106 cm³/mol. The van der Waals surface area contributed by atoms with Crippen molar-refractivity contribution in [1.82, 2.24) is 19.9 Å². The summed E-state index contributed by atoms with van der Waals surface area (Å²) in [5.74, 6) is -0.128. The van der Waals surface area contributed by atoms with Gasteiger partial charge in [0, 0.05) is 18.8 Å². The number of nitrogens with two attached hydrogens (primary N) is 1. The van der Waals surface area contributed by atoms with E-state index in [2.05, 4.69) is 15.3 Å². The van der Waals surface area contributed by atoms with Crippen molar-refractivity contribution in [1.29, 1.82) is 0 Å². The maximum atomic E-state index is 12.8. The third-order valence-corrected chi connectivity index (χ3v) is 4.27. The van der Waals surface area contributed by atoms with Crippen LogP contribution in [-0.4, -0.2) is 33.5 Å². The molecule has 0 fully saturated rings. The largest absolute Gasteiger partial charge is 0.352 e. The molecule has 0 bridgehead atoms. The monoisotopic (exact) mass is 375 g/mol. The Morgan fingerprint density at radius 3 is 2.56 bits per heavy atom. The smallest absolute Gasteiger partial charge is 0.330 e. The van der Waals surface area contributed by atoms with Crippen LogP contribution in [0.2, 0.25) is 0 Å². The van der Waals surface area contributed by atoms with Crippen LogP contribution in [0.5, 0.6) is 0 Å². The Kier molecular flexibility index (Phi) is 6.90. The van der Waals surface area contributed by atoms with E-state index in [4.69, 9.17) is 5.73 Å². The van der Waals surface area contributed by atoms with Gasteiger partial charge in [0.15, 0.2) is 5.65 Å². The Hall–Kier alpha value is -2.48. The average Bonchev–Trinajstić information content (AvgIpc) is 2.60. The Bertz CT molecular complexity index is 927. The SMILES string of the molecule is CC(C)Cn1c(=O)[nH]c(=O)c2c(C(=O)NCCCCN)cc(C(C)C)nc21. The van der Waals surface area contributed by atoms with Crippen LogP contribution in [0.1, 0.15) is 62.5 Å². The number of H-pyrrole nitrogens is 1. The first-order chi connectivity index (χ1) is 12.8. The van der Waals surface area contributed by atoms with Crippen LogP contribution >= 0.6 is 0 Å². The molecule has 8 nitrogen and oxygen atoms in total. The summed E-state index contributed by atoms with van der Waals surface area (Å²) in [6.07, 6.45) is 1.57. The van der Waals surface area contributed by atoms with Gasteiger partial charge in [-0.15, -0.1) is 0 Å². The number of hydrogen-bond acceptors (Lipinski definition) is 5. The minimum Gasteiger partial charge on any atom is -0.352 e. The van der Waals surface area contributed by atoms with Crippen molar-refractivity contribution in [3.05, 3.63) is 38.2 Å². The molecule has 8 heteroatoms. The second-order valence-electron chi connectivity index (χ2n) is 7.46. The fourth-order valence-electron chi connectivity index (χ4n) is 2.87. The lowest BCUT2D eigenvalue weighted by Crippen LogP contribution is -2.34. The molecule has 0 aliphatic carbocycles. The third kappa shape index (κ3) is 4.82. The number of rotatable bonds is 8. The number of amides is 1. The van der Waals surface area contributed by atoms with Crippen molar-refractivity contribution in [2.24, 2.45) is 11.7 Å². The number of nitrogens with zero attached hydrogens (tertiary/aromatic N) is 2. The standard InChI is InChI=1S/C19H29N5O3/c1-11(2)10-24-16-15(18(26)23-19(24)27)13(9-14(22-16)12(3)4)17(25)21-8-6-5-7-20/h9,11-12H,5-8,10,20H2,1-4H3,(H,21,25)(H,23,26,27). The van der Waals surface area contributed by atoms with Crippen LogP contribution < -0.4 is 22.3 Å². The molecular weight excluding hydrogens is 346 g/mol. The highest BCUT2D eigenvalue weighted by Crippen LogP contribution is 2.20. The summed E-state index contributed by atoms with van der Waals surface area (Å²) in [6.45, 7) is 9.29. The number of aromatic nitrogens is 3. The van der Waals surface area contributed by atoms with Crippen molar-refractivity contribution in [2.75, 3.05) is 13.1 Å². The van der Waals surface area contributed by atoms with Gasteiger partial charge in [-0.05, 0) is 37.3 Å². The maximum Gasteiger partial charge on any atom is 0.330 e. The van der Waals surface area contributed by atoms with Gasteiger partial charge in [0.05, 0.1) is 10.9 Å². The van der Waals surface area contributed by atoms with E-state index in [1.165, 1.54) is 4.57 Å². The summed E-state index contributed by atoms with van der Waals surface area (Å²) in [4.78, 5) is 44.5. The number of fused-ring (bicyclic) bond motifs is 1. The number of hydrogen-bond donors (Lipinski definition) is 3. The summed E-state index contributed by atoms with van der Waals surface area (Å²) in [6, 6.07) is 1.64. The lowest BCUT2D eigenvalue weighted by molar-refractivity contribution is 0.0954. The number of carbonyl (C=O) groups is 1. The van der Waals surface area contributed by atoms with Gasteiger partial charge in [-0.2, -0.15) is 0 Å². The van der Waals surface area contributed by atoms with Crippen LogP contribution in [-0.2, 0) is 6.54 Å². The van der Waals surface area contributed by atoms with Gasteiger partial charge in [-0.3, -0.25) is 19.1 Å². The first-order valence-corrected chi connectivity index (χ1v) is 9.42. The van der Waals surface area contributed by atoms with Crippen molar-refractivity contribution in [3.8, 4) is 0 Å². The van der Waals surface area contributed by atoms with Crippen LogP contribution in [0, 0.1) is 5.92 Å². The van der Waals surface area contributed by atoms with Crippen molar-refractivity contribution in [3.63, 3.8) is 0 Å². The zero-order valence-corrected chi connectivity index (χ0v) is 16.5. The van der Waals surface area contributed by atoms with Gasteiger partial charge in [0.2, 0.25) is 0 Å². The molecule has 0 aliphatic rings. The molecule has 2 heterocycles. The van der Waals surface area contributed by atoms with Crippen LogP contribution in [0.4, 0.5) is 0 Å². The fourth-order valence-corrected chi connectivity index (χ4v) is 2.87. The normalized spacial score (nSPS) is 11.5. The lowest BCUT2D eigenvalue weighted by Gasteiger charge is -2.16. The van der Waals surface area contributed by atoms with Crippen LogP contribution in [0.3, 0.4) is 0 Å². The molecule has 0 aromatic carbocycles. The zero-order chi connectivity index (χ0) is 20.1. The molecule has 27 heavy (non-hydrogen) atoms. The van der Waals surface area contributed by atoms with Gasteiger partial charge < -0.3 is 11.1 Å². The van der Waals surface area contributed by atoms with E-state index in [1.54, 1.807) is 6.07 Å². The summed E-state index contributed by atoms with van der Waals surface area (Å²) >= 11 is 0. The highest BCUT2D eigenvalue weighted by molar-refractivity contribution is 6.05. The second kappa shape index (κ2) is 8.94. The molecule has 0 radical (unpaired) electrons. The molecule has 4 N–H and O–H groups in total. The Balaban J connectivity index is 2.66. The van der Waals surface area contributed by atoms with Gasteiger partial charge in [-0.25, -0.2) is 9.78 Å². The Labute approximate surface area is 158 Å². The summed E-state index contributed by atoms with van der Waals surface area (Å²) in [5.41, 5.74) is 5.54. The molecule has 0 spiro atoms. The molecule has 0 unspecified atom stereocenters. The molecule has 0 atom stereocenters. The first-order valence-electron chi connectivity index (χ1n) is 9.42. The van der Waals surface area contributed by atoms with Crippen LogP contribution in [0.25, 0.3) is 11.0 Å². The van der Waals surface area contributed by atoms with E-state index in [0.717, 1.165) is 12.8 Å². The number of nitrogens with one attached hydrogen (secondary N) is 2. The van der Waals surface area contributed by atoms with E-state index >= 15 is 0 Å². The molecule has 0 aliphatic heterocycles. The minimum atomic E-state index is -0.593. The molecule has 0 saturated carbocycles. The molecular formula is C19H29N5O3. The second-order valence-corrected chi connectivity index (χ2v) is 7.46. The lowest BCUT2D eigenvalue weighted by atomic mass is 10.0. The van der Waals surface area contributed by atoms with E-state index < -0.39 is 11.2 Å². The topological polar surface area (TPSA) is 123 Å². The van der Waals surface area contributed by atoms with Crippen molar-refractivity contribution in [2.45, 2.75) is 53.0 Å². The molecule has 0 saturated heterocycles. The Morgan fingerprint density at radius 1 is 1.26 bits per heavy atom. The van der Waals surface area contributed by atoms with E-state index in [0.29, 0.717) is 25.3 Å². The van der Waals surface area contributed by atoms with E-state index in [1.807, 2.05) is 27.7 Å². The van der Waals surface area contributed by atoms with Gasteiger partial charge in [0.25, 0.3) is 11.5 Å². The molecule has 148 valence electrons. The van der Waals surface area contributed by atoms with Crippen molar-refractivity contribution < 1.29 is 4.79 Å². The molecule has 2 rings (SSSR count). The molecule has 2 aromatic rings. The summed E-state index contributed by atoms with van der Waals surface area (Å²) in [7, 11) is 0. The zero-order valence-electron chi connectivity index (χ0n) is 16.5. The maximum absolute atomic E-state index is 12.8. The van der Waals surface area contributed by atoms with E-state index in [9.17, 15) is 14.4 Å². The number of aromatic amines is 1. The number of carbonyl (C=O) groups excluding carboxylic acids is 1. The van der Waals surface area contributed by atoms with Gasteiger partial charge in [0.1, 0.15) is 0 Å². The quantitative estimate of drug-likeness (QED) is 0.601. The first kappa shape index (κ1) is 20.8. The average molecular weight is 375 g/mol. The highest BCUT2D eigenvalue weighted by atomic mass is 16.2. The van der Waals surface area contributed by atoms with E-state index in [-0.39, 0.29) is 34.3 Å². The molecule has 2 aromatic heterocycles. The van der Waals surface area contributed by atoms with Crippen molar-refractivity contribution >= 4 is 16.9 Å². The minimum absolute atomic E-state index is 0.0417. The predicted octanol–water partition coefficient (Wildman–Crippen LogP) is 1.33. The third-order valence-electron chi connectivity index (χ3n) is 4.27. The summed E-state index contributed by atoms with van der Waals surface area (Å²) in [5, 5.41) is 2.98. The Morgan fingerprint density at radius 2 is 1.96 bits per heavy atom. The number of pyridine rings is 1. The fraction of sp³-hybridized carbons (Fsp3) is 0.579. The van der Waals surface area contributed by atoms with Gasteiger partial charge in [-0.1, -0.05) is 27.7 Å². The number of unbranched alkanes of at least 4 members (excludes halogenated alkanes) is 1. The highest BCUT2D eigenvalue weighted by Gasteiger charge is 2.20. The van der Waals surface area contributed by atoms with Crippen LogP contribution in [0.15, 0.2) is 15.7 Å². The summed E-state index contributed by atoms with van der Waals surface area (Å²) < 4.78 is 1.44. The van der Waals surface area contributed by atoms with Gasteiger partial charge >= 0.3 is 5.69 Å². The molecule has 1 amide bonds.